The molecule has 2 N–H and O–H groups in total. The van der Waals surface area contributed by atoms with Crippen LogP contribution in [0.1, 0.15) is 25.1 Å². The molecule has 0 amide bonds. The molecule has 150 valence electrons. The number of thioether (sulfide) groups is 1. The van der Waals surface area contributed by atoms with Gasteiger partial charge in [0, 0.05) is 22.6 Å². The van der Waals surface area contributed by atoms with Crippen LogP contribution in [-0.2, 0) is 0 Å². The third-order valence-corrected chi connectivity index (χ3v) is 5.67. The van der Waals surface area contributed by atoms with E-state index >= 15 is 0 Å². The summed E-state index contributed by atoms with van der Waals surface area (Å²) in [6.07, 6.45) is 0.384. The molecule has 0 aliphatic carbocycles. The van der Waals surface area contributed by atoms with E-state index in [1.165, 1.54) is 18.9 Å². The van der Waals surface area contributed by atoms with Crippen LogP contribution in [0.4, 0.5) is 5.69 Å². The Kier molecular flexibility index (Phi) is 5.64. The SMILES string of the molecule is CCCSc1nnc2c(n1)O[C@@H](c1cc(Cl)c(O)c(OC)c1)Nc1ccccc1-2. The summed E-state index contributed by atoms with van der Waals surface area (Å²) in [5, 5.41) is 22.8. The Balaban J connectivity index is 1.81. The fourth-order valence-electron chi connectivity index (χ4n) is 2.95. The molecule has 1 atom stereocenters. The van der Waals surface area contributed by atoms with E-state index in [1.807, 2.05) is 24.3 Å². The highest BCUT2D eigenvalue weighted by Crippen LogP contribution is 2.42. The summed E-state index contributed by atoms with van der Waals surface area (Å²) < 4.78 is 11.4. The molecule has 4 rings (SSSR count). The van der Waals surface area contributed by atoms with Gasteiger partial charge in [-0.3, -0.25) is 0 Å². The molecule has 2 aromatic carbocycles. The monoisotopic (exact) mass is 430 g/mol. The fraction of sp³-hybridized carbons (Fsp3) is 0.250. The van der Waals surface area contributed by atoms with Gasteiger partial charge in [0.2, 0.25) is 11.0 Å². The lowest BCUT2D eigenvalue weighted by Crippen LogP contribution is -2.17. The molecule has 9 heteroatoms. The average Bonchev–Trinajstić information content (AvgIpc) is 2.90. The van der Waals surface area contributed by atoms with Gasteiger partial charge in [-0.25, -0.2) is 0 Å². The Morgan fingerprint density at radius 3 is 2.90 bits per heavy atom. The summed E-state index contributed by atoms with van der Waals surface area (Å²) >= 11 is 7.72. The van der Waals surface area contributed by atoms with E-state index < -0.39 is 6.23 Å². The zero-order chi connectivity index (χ0) is 20.4. The predicted molar refractivity (Wildman–Crippen MR) is 113 cm³/mol. The predicted octanol–water partition coefficient (Wildman–Crippen LogP) is 4.91. The smallest absolute Gasteiger partial charge is 0.247 e. The maximum absolute atomic E-state index is 10.1. The van der Waals surface area contributed by atoms with Crippen LogP contribution in [0.25, 0.3) is 11.3 Å². The van der Waals surface area contributed by atoms with Gasteiger partial charge < -0.3 is 19.9 Å². The highest BCUT2D eigenvalue weighted by Gasteiger charge is 2.27. The summed E-state index contributed by atoms with van der Waals surface area (Å²) in [5.74, 6) is 1.42. The summed E-state index contributed by atoms with van der Waals surface area (Å²) in [6.45, 7) is 2.10. The minimum absolute atomic E-state index is 0.116. The van der Waals surface area contributed by atoms with Crippen molar-refractivity contribution in [2.24, 2.45) is 0 Å². The highest BCUT2D eigenvalue weighted by atomic mass is 35.5. The zero-order valence-electron chi connectivity index (χ0n) is 15.8. The van der Waals surface area contributed by atoms with Gasteiger partial charge in [-0.1, -0.05) is 48.5 Å². The molecular formula is C20H19ClN4O3S. The molecule has 1 aliphatic rings. The fourth-order valence-corrected chi connectivity index (χ4v) is 3.81. The topological polar surface area (TPSA) is 89.4 Å². The zero-order valence-corrected chi connectivity index (χ0v) is 17.4. The highest BCUT2D eigenvalue weighted by molar-refractivity contribution is 7.99. The quantitative estimate of drug-likeness (QED) is 0.552. The standard InChI is InChI=1S/C20H19ClN4O3S/c1-3-8-29-20-23-19-16(24-25-20)12-6-4-5-7-14(12)22-18(28-19)11-9-13(21)17(26)15(10-11)27-2/h4-7,9-10,18,22,26H,3,8H2,1-2H3/t18-/m0/s1. The van der Waals surface area contributed by atoms with Gasteiger partial charge in [-0.05, 0) is 24.6 Å². The number of aromatic nitrogens is 3. The third-order valence-electron chi connectivity index (χ3n) is 4.34. The lowest BCUT2D eigenvalue weighted by molar-refractivity contribution is 0.224. The number of fused-ring (bicyclic) bond motifs is 3. The Bertz CT molecular complexity index is 1050. The molecule has 0 spiro atoms. The van der Waals surface area contributed by atoms with Crippen molar-refractivity contribution in [1.82, 2.24) is 15.2 Å². The number of ether oxygens (including phenoxy) is 2. The molecule has 0 saturated carbocycles. The molecule has 0 radical (unpaired) electrons. The molecule has 3 aromatic rings. The van der Waals surface area contributed by atoms with E-state index in [0.29, 0.717) is 22.3 Å². The number of rotatable bonds is 5. The lowest BCUT2D eigenvalue weighted by Gasteiger charge is -2.20. The number of phenolic OH excluding ortho intramolecular Hbond substituents is 1. The number of nitrogens with zero attached hydrogens (tertiary/aromatic N) is 3. The van der Waals surface area contributed by atoms with Gasteiger partial charge >= 0.3 is 0 Å². The van der Waals surface area contributed by atoms with E-state index in [-0.39, 0.29) is 16.5 Å². The molecule has 0 bridgehead atoms. The third kappa shape index (κ3) is 3.90. The summed E-state index contributed by atoms with van der Waals surface area (Å²) in [7, 11) is 1.47. The van der Waals surface area contributed by atoms with E-state index in [2.05, 4.69) is 27.4 Å². The number of phenols is 1. The van der Waals surface area contributed by atoms with Crippen molar-refractivity contribution in [3.05, 3.63) is 47.0 Å². The van der Waals surface area contributed by atoms with E-state index in [0.717, 1.165) is 23.4 Å². The largest absolute Gasteiger partial charge is 0.503 e. The van der Waals surface area contributed by atoms with Gasteiger partial charge in [0.25, 0.3) is 0 Å². The number of benzene rings is 2. The van der Waals surface area contributed by atoms with Gasteiger partial charge in [0.1, 0.15) is 0 Å². The second-order valence-electron chi connectivity index (χ2n) is 6.34. The maximum Gasteiger partial charge on any atom is 0.247 e. The van der Waals surface area contributed by atoms with E-state index in [4.69, 9.17) is 21.1 Å². The maximum atomic E-state index is 10.1. The van der Waals surface area contributed by atoms with Crippen molar-refractivity contribution >= 4 is 29.1 Å². The van der Waals surface area contributed by atoms with Crippen LogP contribution >= 0.6 is 23.4 Å². The van der Waals surface area contributed by atoms with Gasteiger partial charge in [-0.2, -0.15) is 4.98 Å². The van der Waals surface area contributed by atoms with Crippen LogP contribution in [0.2, 0.25) is 5.02 Å². The lowest BCUT2D eigenvalue weighted by atomic mass is 10.1. The van der Waals surface area contributed by atoms with E-state index in [9.17, 15) is 5.11 Å². The Labute approximate surface area is 177 Å². The van der Waals surface area contributed by atoms with Crippen LogP contribution in [0.15, 0.2) is 41.6 Å². The second-order valence-corrected chi connectivity index (χ2v) is 7.81. The first kappa shape index (κ1) is 19.6. The van der Waals surface area contributed by atoms with Crippen molar-refractivity contribution < 1.29 is 14.6 Å². The first-order chi connectivity index (χ1) is 14.1. The molecule has 7 nitrogen and oxygen atoms in total. The number of hydrogen-bond donors (Lipinski definition) is 2. The number of para-hydroxylation sites is 1. The summed E-state index contributed by atoms with van der Waals surface area (Å²) in [4.78, 5) is 4.58. The Morgan fingerprint density at radius 1 is 1.28 bits per heavy atom. The number of methoxy groups -OCH3 is 1. The molecule has 2 heterocycles. The first-order valence-electron chi connectivity index (χ1n) is 9.07. The van der Waals surface area contributed by atoms with Crippen molar-refractivity contribution in [1.29, 1.82) is 0 Å². The molecule has 1 aliphatic heterocycles. The minimum atomic E-state index is -0.620. The molecule has 1 aromatic heterocycles. The molecular weight excluding hydrogens is 412 g/mol. The van der Waals surface area contributed by atoms with Crippen molar-refractivity contribution in [2.45, 2.75) is 24.7 Å². The van der Waals surface area contributed by atoms with Crippen molar-refractivity contribution in [2.75, 3.05) is 18.2 Å². The molecule has 29 heavy (non-hydrogen) atoms. The first-order valence-corrected chi connectivity index (χ1v) is 10.4. The number of anilines is 1. The van der Waals surface area contributed by atoms with Gasteiger partial charge in [0.15, 0.2) is 23.4 Å². The molecule has 0 fully saturated rings. The van der Waals surface area contributed by atoms with E-state index in [1.54, 1.807) is 12.1 Å². The van der Waals surface area contributed by atoms with Crippen LogP contribution in [-0.4, -0.2) is 33.2 Å². The second kappa shape index (κ2) is 8.34. The van der Waals surface area contributed by atoms with Crippen LogP contribution in [0.3, 0.4) is 0 Å². The van der Waals surface area contributed by atoms with Crippen LogP contribution < -0.4 is 14.8 Å². The van der Waals surface area contributed by atoms with Crippen LogP contribution in [0, 0.1) is 0 Å². The van der Waals surface area contributed by atoms with Crippen molar-refractivity contribution in [3.63, 3.8) is 0 Å². The van der Waals surface area contributed by atoms with Crippen LogP contribution in [0.5, 0.6) is 17.4 Å². The normalized spacial score (nSPS) is 14.8. The molecule has 0 saturated heterocycles. The van der Waals surface area contributed by atoms with Crippen molar-refractivity contribution in [3.8, 4) is 28.6 Å². The number of aromatic hydroxyl groups is 1. The minimum Gasteiger partial charge on any atom is -0.503 e. The summed E-state index contributed by atoms with van der Waals surface area (Å²) in [6, 6.07) is 11.0. The Hall–Kier alpha value is -2.71. The molecule has 0 unspecified atom stereocenters. The Morgan fingerprint density at radius 2 is 2.10 bits per heavy atom. The van der Waals surface area contributed by atoms with Gasteiger partial charge in [-0.15, -0.1) is 10.2 Å². The number of hydrogen-bond acceptors (Lipinski definition) is 8. The van der Waals surface area contributed by atoms with Gasteiger partial charge in [0.05, 0.1) is 12.1 Å². The average molecular weight is 431 g/mol. The number of nitrogens with one attached hydrogen (secondary N) is 1. The summed E-state index contributed by atoms with van der Waals surface area (Å²) in [5.41, 5.74) is 2.90. The number of halogens is 1.